The van der Waals surface area contributed by atoms with Crippen molar-refractivity contribution in [2.45, 2.75) is 0 Å². The third-order valence-corrected chi connectivity index (χ3v) is 3.51. The molecule has 2 rings (SSSR count). The summed E-state index contributed by atoms with van der Waals surface area (Å²) in [4.78, 5) is 14.2. The summed E-state index contributed by atoms with van der Waals surface area (Å²) in [5, 5.41) is 3.65. The van der Waals surface area contributed by atoms with Gasteiger partial charge in [0.15, 0.2) is 0 Å². The van der Waals surface area contributed by atoms with E-state index in [1.54, 1.807) is 36.3 Å². The molecule has 0 aromatic heterocycles. The summed E-state index contributed by atoms with van der Waals surface area (Å²) in [5.74, 6) is 0.565. The lowest BCUT2D eigenvalue weighted by Crippen LogP contribution is -2.35. The fraction of sp³-hybridized carbons (Fsp3) is 0.167. The first-order chi connectivity index (χ1) is 11.2. The third-order valence-electron chi connectivity index (χ3n) is 3.27. The van der Waals surface area contributed by atoms with Crippen molar-refractivity contribution in [1.29, 1.82) is 0 Å². The molecule has 0 saturated heterocycles. The van der Waals surface area contributed by atoms with Crippen LogP contribution in [0.1, 0.15) is 0 Å². The number of rotatable bonds is 7. The predicted molar refractivity (Wildman–Crippen MR) is 95.5 cm³/mol. The normalized spacial score (nSPS) is 10.0. The summed E-state index contributed by atoms with van der Waals surface area (Å²) in [6.45, 7) is 4.28. The van der Waals surface area contributed by atoms with E-state index >= 15 is 0 Å². The SMILES string of the molecule is C=CCN(C(=O)CNc1cc(Cl)ccc1OC)c1ccccc1. The van der Waals surface area contributed by atoms with Gasteiger partial charge in [-0.25, -0.2) is 0 Å². The number of amides is 1. The van der Waals surface area contributed by atoms with E-state index in [0.717, 1.165) is 5.69 Å². The molecule has 0 aliphatic heterocycles. The highest BCUT2D eigenvalue weighted by molar-refractivity contribution is 6.30. The largest absolute Gasteiger partial charge is 0.495 e. The zero-order valence-electron chi connectivity index (χ0n) is 13.0. The van der Waals surface area contributed by atoms with Gasteiger partial charge in [-0.15, -0.1) is 6.58 Å². The Morgan fingerprint density at radius 2 is 2.04 bits per heavy atom. The van der Waals surface area contributed by atoms with Gasteiger partial charge in [-0.2, -0.15) is 0 Å². The minimum absolute atomic E-state index is 0.0712. The van der Waals surface area contributed by atoms with Crippen LogP contribution in [0, 0.1) is 0 Å². The van der Waals surface area contributed by atoms with Crippen LogP contribution in [0.5, 0.6) is 5.75 Å². The Kier molecular flexibility index (Phi) is 6.06. The average molecular weight is 331 g/mol. The molecule has 0 heterocycles. The fourth-order valence-electron chi connectivity index (χ4n) is 2.17. The standard InChI is InChI=1S/C18H19ClN2O2/c1-3-11-21(15-7-5-4-6-8-15)18(22)13-20-16-12-14(19)9-10-17(16)23-2/h3-10,12,20H,1,11,13H2,2H3. The van der Waals surface area contributed by atoms with Crippen LogP contribution >= 0.6 is 11.6 Å². The Morgan fingerprint density at radius 3 is 2.70 bits per heavy atom. The molecule has 2 aromatic rings. The van der Waals surface area contributed by atoms with E-state index < -0.39 is 0 Å². The van der Waals surface area contributed by atoms with E-state index in [0.29, 0.717) is 23.0 Å². The van der Waals surface area contributed by atoms with Gasteiger partial charge >= 0.3 is 0 Å². The molecule has 120 valence electrons. The molecule has 0 aliphatic carbocycles. The first kappa shape index (κ1) is 16.9. The second-order valence-electron chi connectivity index (χ2n) is 4.83. The van der Waals surface area contributed by atoms with Crippen molar-refractivity contribution < 1.29 is 9.53 Å². The summed E-state index contributed by atoms with van der Waals surface area (Å²) >= 11 is 5.99. The molecule has 0 saturated carbocycles. The number of hydrogen-bond acceptors (Lipinski definition) is 3. The highest BCUT2D eigenvalue weighted by Crippen LogP contribution is 2.27. The summed E-state index contributed by atoms with van der Waals surface area (Å²) in [6.07, 6.45) is 1.70. The maximum atomic E-state index is 12.5. The Hall–Kier alpha value is -2.46. The number of ether oxygens (including phenoxy) is 1. The summed E-state index contributed by atoms with van der Waals surface area (Å²) in [6, 6.07) is 14.7. The molecule has 0 bridgehead atoms. The van der Waals surface area contributed by atoms with Crippen LogP contribution in [0.15, 0.2) is 61.2 Å². The Balaban J connectivity index is 2.11. The van der Waals surface area contributed by atoms with Gasteiger partial charge in [0.05, 0.1) is 19.3 Å². The highest BCUT2D eigenvalue weighted by Gasteiger charge is 2.14. The van der Waals surface area contributed by atoms with Gasteiger partial charge in [0.2, 0.25) is 5.91 Å². The first-order valence-electron chi connectivity index (χ1n) is 7.19. The molecular weight excluding hydrogens is 312 g/mol. The van der Waals surface area contributed by atoms with Gasteiger partial charge in [-0.1, -0.05) is 35.9 Å². The van der Waals surface area contributed by atoms with Crippen LogP contribution in [0.2, 0.25) is 5.02 Å². The van der Waals surface area contributed by atoms with E-state index in [9.17, 15) is 4.79 Å². The van der Waals surface area contributed by atoms with Crippen molar-refractivity contribution >= 4 is 28.9 Å². The molecule has 1 N–H and O–H groups in total. The van der Waals surface area contributed by atoms with Gasteiger partial charge in [0.25, 0.3) is 0 Å². The van der Waals surface area contributed by atoms with Crippen LogP contribution in [0.25, 0.3) is 0 Å². The number of carbonyl (C=O) groups is 1. The highest BCUT2D eigenvalue weighted by atomic mass is 35.5. The van der Waals surface area contributed by atoms with E-state index in [4.69, 9.17) is 16.3 Å². The molecule has 4 nitrogen and oxygen atoms in total. The van der Waals surface area contributed by atoms with Crippen LogP contribution in [-0.4, -0.2) is 26.1 Å². The molecule has 0 aliphatic rings. The number of nitrogens with zero attached hydrogens (tertiary/aromatic N) is 1. The summed E-state index contributed by atoms with van der Waals surface area (Å²) < 4.78 is 5.26. The molecule has 0 fully saturated rings. The minimum Gasteiger partial charge on any atom is -0.495 e. The van der Waals surface area contributed by atoms with E-state index in [-0.39, 0.29) is 12.5 Å². The molecule has 0 atom stereocenters. The van der Waals surface area contributed by atoms with Crippen molar-refractivity contribution in [3.8, 4) is 5.75 Å². The summed E-state index contributed by atoms with van der Waals surface area (Å²) in [5.41, 5.74) is 1.51. The van der Waals surface area contributed by atoms with Gasteiger partial charge < -0.3 is 15.0 Å². The topological polar surface area (TPSA) is 41.6 Å². The molecule has 2 aromatic carbocycles. The quantitative estimate of drug-likeness (QED) is 0.781. The first-order valence-corrected chi connectivity index (χ1v) is 7.57. The van der Waals surface area contributed by atoms with E-state index in [1.165, 1.54) is 0 Å². The van der Waals surface area contributed by atoms with Crippen molar-refractivity contribution in [2.75, 3.05) is 30.4 Å². The molecule has 1 amide bonds. The zero-order chi connectivity index (χ0) is 16.7. The smallest absolute Gasteiger partial charge is 0.246 e. The number of para-hydroxylation sites is 1. The van der Waals surface area contributed by atoms with Crippen molar-refractivity contribution in [3.63, 3.8) is 0 Å². The van der Waals surface area contributed by atoms with Gasteiger partial charge in [-0.3, -0.25) is 4.79 Å². The Morgan fingerprint density at radius 1 is 1.30 bits per heavy atom. The zero-order valence-corrected chi connectivity index (χ0v) is 13.7. The van der Waals surface area contributed by atoms with Gasteiger partial charge in [0.1, 0.15) is 5.75 Å². The molecule has 0 unspecified atom stereocenters. The lowest BCUT2D eigenvalue weighted by Gasteiger charge is -2.22. The van der Waals surface area contributed by atoms with Crippen LogP contribution in [0.4, 0.5) is 11.4 Å². The van der Waals surface area contributed by atoms with E-state index in [1.807, 2.05) is 30.3 Å². The Bertz CT molecular complexity index is 674. The van der Waals surface area contributed by atoms with Crippen LogP contribution < -0.4 is 15.0 Å². The number of anilines is 2. The van der Waals surface area contributed by atoms with Crippen molar-refractivity contribution in [2.24, 2.45) is 0 Å². The number of nitrogens with one attached hydrogen (secondary N) is 1. The molecule has 23 heavy (non-hydrogen) atoms. The van der Waals surface area contributed by atoms with Gasteiger partial charge in [0, 0.05) is 17.3 Å². The third kappa shape index (κ3) is 4.50. The number of benzene rings is 2. The Labute approximate surface area is 141 Å². The monoisotopic (exact) mass is 330 g/mol. The molecule has 0 radical (unpaired) electrons. The maximum absolute atomic E-state index is 12.5. The molecular formula is C18H19ClN2O2. The van der Waals surface area contributed by atoms with Crippen LogP contribution in [-0.2, 0) is 4.79 Å². The molecule has 0 spiro atoms. The lowest BCUT2D eigenvalue weighted by molar-refractivity contribution is -0.116. The number of halogens is 1. The molecule has 5 heteroatoms. The van der Waals surface area contributed by atoms with Crippen LogP contribution in [0.3, 0.4) is 0 Å². The second-order valence-corrected chi connectivity index (χ2v) is 5.26. The van der Waals surface area contributed by atoms with Gasteiger partial charge in [-0.05, 0) is 30.3 Å². The number of hydrogen-bond donors (Lipinski definition) is 1. The van der Waals surface area contributed by atoms with Crippen molar-refractivity contribution in [3.05, 3.63) is 66.2 Å². The fourth-order valence-corrected chi connectivity index (χ4v) is 2.34. The lowest BCUT2D eigenvalue weighted by atomic mass is 10.2. The predicted octanol–water partition coefficient (Wildman–Crippen LogP) is 3.98. The van der Waals surface area contributed by atoms with Crippen molar-refractivity contribution in [1.82, 2.24) is 0 Å². The second kappa shape index (κ2) is 8.25. The average Bonchev–Trinajstić information content (AvgIpc) is 2.58. The minimum atomic E-state index is -0.0712. The maximum Gasteiger partial charge on any atom is 0.246 e. The van der Waals surface area contributed by atoms with E-state index in [2.05, 4.69) is 11.9 Å². The number of methoxy groups -OCH3 is 1. The summed E-state index contributed by atoms with van der Waals surface area (Å²) in [7, 11) is 1.57. The number of carbonyl (C=O) groups excluding carboxylic acids is 1.